The number of aromatic amines is 1. The normalized spacial score (nSPS) is 10.6. The van der Waals surface area contributed by atoms with Crippen molar-refractivity contribution in [2.45, 2.75) is 0 Å². The first-order valence-electron chi connectivity index (χ1n) is 6.19. The second-order valence-electron chi connectivity index (χ2n) is 4.44. The summed E-state index contributed by atoms with van der Waals surface area (Å²) in [5.41, 5.74) is 1.57. The van der Waals surface area contributed by atoms with Crippen LogP contribution in [0.4, 0.5) is 15.9 Å². The van der Waals surface area contributed by atoms with Gasteiger partial charge in [0.2, 0.25) is 0 Å². The van der Waals surface area contributed by atoms with Crippen LogP contribution in [0.3, 0.4) is 0 Å². The van der Waals surface area contributed by atoms with Crippen molar-refractivity contribution in [2.24, 2.45) is 0 Å². The van der Waals surface area contributed by atoms with E-state index in [9.17, 15) is 9.50 Å². The summed E-state index contributed by atoms with van der Waals surface area (Å²) in [6.45, 7) is 0. The fourth-order valence-electron chi connectivity index (χ4n) is 1.90. The molecule has 0 saturated carbocycles. The fourth-order valence-corrected chi connectivity index (χ4v) is 2.03. The van der Waals surface area contributed by atoms with E-state index < -0.39 is 5.82 Å². The van der Waals surface area contributed by atoms with Crippen LogP contribution in [-0.4, -0.2) is 15.3 Å². The van der Waals surface area contributed by atoms with Gasteiger partial charge in [-0.05, 0) is 36.4 Å². The molecule has 3 rings (SSSR count). The van der Waals surface area contributed by atoms with Crippen molar-refractivity contribution in [2.75, 3.05) is 5.32 Å². The number of hydrogen-bond donors (Lipinski definition) is 3. The lowest BCUT2D eigenvalue weighted by molar-refractivity contribution is 0.475. The Kier molecular flexibility index (Phi) is 3.50. The molecule has 0 saturated heterocycles. The molecule has 0 fully saturated rings. The Morgan fingerprint density at radius 1 is 1.05 bits per heavy atom. The van der Waals surface area contributed by atoms with Gasteiger partial charge in [-0.2, -0.15) is 5.10 Å². The number of anilines is 2. The number of aromatic hydroxyl groups is 1. The second-order valence-corrected chi connectivity index (χ2v) is 4.88. The van der Waals surface area contributed by atoms with E-state index in [4.69, 9.17) is 11.6 Å². The number of phenols is 1. The Labute approximate surface area is 125 Å². The van der Waals surface area contributed by atoms with Crippen LogP contribution in [0.5, 0.6) is 5.75 Å². The zero-order valence-electron chi connectivity index (χ0n) is 10.8. The minimum Gasteiger partial charge on any atom is -0.508 e. The summed E-state index contributed by atoms with van der Waals surface area (Å²) < 4.78 is 14.3. The van der Waals surface area contributed by atoms with E-state index in [-0.39, 0.29) is 17.3 Å². The number of aromatic nitrogens is 2. The molecule has 0 radical (unpaired) electrons. The van der Waals surface area contributed by atoms with Gasteiger partial charge in [0.25, 0.3) is 0 Å². The molecule has 4 nitrogen and oxygen atoms in total. The number of phenolic OH excluding ortho intramolecular Hbond substituents is 1. The largest absolute Gasteiger partial charge is 0.508 e. The highest BCUT2D eigenvalue weighted by Crippen LogP contribution is 2.28. The highest BCUT2D eigenvalue weighted by molar-refractivity contribution is 6.30. The van der Waals surface area contributed by atoms with Crippen molar-refractivity contribution in [1.82, 2.24) is 10.2 Å². The van der Waals surface area contributed by atoms with Gasteiger partial charge >= 0.3 is 0 Å². The van der Waals surface area contributed by atoms with Gasteiger partial charge in [0.1, 0.15) is 11.4 Å². The molecule has 6 heteroatoms. The van der Waals surface area contributed by atoms with Crippen LogP contribution in [0.1, 0.15) is 0 Å². The van der Waals surface area contributed by atoms with Crippen molar-refractivity contribution >= 4 is 23.1 Å². The zero-order chi connectivity index (χ0) is 14.8. The van der Waals surface area contributed by atoms with Gasteiger partial charge < -0.3 is 10.4 Å². The third-order valence-corrected chi connectivity index (χ3v) is 3.22. The minimum atomic E-state index is -0.481. The SMILES string of the molecule is Oc1ccc(Nc2n[nH]c(-c3ccc(Cl)cc3)c2F)cc1. The lowest BCUT2D eigenvalue weighted by Gasteiger charge is -2.03. The predicted molar refractivity (Wildman–Crippen MR) is 80.4 cm³/mol. The van der Waals surface area contributed by atoms with Gasteiger partial charge in [-0.25, -0.2) is 4.39 Å². The first-order chi connectivity index (χ1) is 10.1. The molecule has 1 aromatic heterocycles. The molecular weight excluding hydrogens is 293 g/mol. The molecule has 3 N–H and O–H groups in total. The van der Waals surface area contributed by atoms with Crippen molar-refractivity contribution in [3.8, 4) is 17.0 Å². The number of nitrogens with zero attached hydrogens (tertiary/aromatic N) is 1. The van der Waals surface area contributed by atoms with E-state index in [0.29, 0.717) is 16.3 Å². The van der Waals surface area contributed by atoms with E-state index in [1.54, 1.807) is 36.4 Å². The Morgan fingerprint density at radius 2 is 1.71 bits per heavy atom. The van der Waals surface area contributed by atoms with Gasteiger partial charge in [-0.3, -0.25) is 5.10 Å². The van der Waals surface area contributed by atoms with E-state index in [2.05, 4.69) is 15.5 Å². The number of halogens is 2. The Hall–Kier alpha value is -2.53. The Morgan fingerprint density at radius 3 is 2.38 bits per heavy atom. The monoisotopic (exact) mass is 303 g/mol. The summed E-state index contributed by atoms with van der Waals surface area (Å²) in [7, 11) is 0. The summed E-state index contributed by atoms with van der Waals surface area (Å²) in [4.78, 5) is 0. The third-order valence-electron chi connectivity index (χ3n) is 2.97. The summed E-state index contributed by atoms with van der Waals surface area (Å²) in [5, 5.41) is 19.2. The molecule has 0 amide bonds. The van der Waals surface area contributed by atoms with Crippen LogP contribution in [0.2, 0.25) is 5.02 Å². The quantitative estimate of drug-likeness (QED) is 0.632. The molecule has 0 atom stereocenters. The van der Waals surface area contributed by atoms with Crippen LogP contribution in [0.15, 0.2) is 48.5 Å². The van der Waals surface area contributed by atoms with Crippen molar-refractivity contribution in [1.29, 1.82) is 0 Å². The van der Waals surface area contributed by atoms with Crippen molar-refractivity contribution in [3.05, 3.63) is 59.4 Å². The van der Waals surface area contributed by atoms with E-state index in [0.717, 1.165) is 0 Å². The van der Waals surface area contributed by atoms with E-state index in [1.165, 1.54) is 12.1 Å². The Balaban J connectivity index is 1.88. The summed E-state index contributed by atoms with van der Waals surface area (Å²) in [5.74, 6) is -0.249. The number of nitrogens with one attached hydrogen (secondary N) is 2. The van der Waals surface area contributed by atoms with Gasteiger partial charge in [0.05, 0.1) is 0 Å². The predicted octanol–water partition coefficient (Wildman–Crippen LogP) is 4.32. The average molecular weight is 304 g/mol. The van der Waals surface area contributed by atoms with Crippen LogP contribution >= 0.6 is 11.6 Å². The fraction of sp³-hybridized carbons (Fsp3) is 0. The minimum absolute atomic E-state index is 0.0886. The topological polar surface area (TPSA) is 60.9 Å². The van der Waals surface area contributed by atoms with Gasteiger partial charge in [-0.15, -0.1) is 0 Å². The average Bonchev–Trinajstić information content (AvgIpc) is 2.84. The first-order valence-corrected chi connectivity index (χ1v) is 6.57. The molecule has 2 aromatic carbocycles. The third kappa shape index (κ3) is 2.83. The second kappa shape index (κ2) is 5.46. The molecular formula is C15H11ClFN3O. The van der Waals surface area contributed by atoms with Crippen LogP contribution in [0, 0.1) is 5.82 Å². The van der Waals surface area contributed by atoms with E-state index in [1.807, 2.05) is 0 Å². The van der Waals surface area contributed by atoms with Gasteiger partial charge in [0.15, 0.2) is 11.6 Å². The molecule has 0 unspecified atom stereocenters. The standard InChI is InChI=1S/C15H11ClFN3O/c16-10-3-1-9(2-4-10)14-13(17)15(20-19-14)18-11-5-7-12(21)8-6-11/h1-8,21H,(H2,18,19,20). The molecule has 0 bridgehead atoms. The highest BCUT2D eigenvalue weighted by atomic mass is 35.5. The number of hydrogen-bond acceptors (Lipinski definition) is 3. The summed E-state index contributed by atoms with van der Waals surface area (Å²) >= 11 is 5.81. The molecule has 3 aromatic rings. The van der Waals surface area contributed by atoms with Crippen molar-refractivity contribution < 1.29 is 9.50 Å². The van der Waals surface area contributed by atoms with Crippen LogP contribution in [-0.2, 0) is 0 Å². The number of rotatable bonds is 3. The molecule has 0 aliphatic heterocycles. The Bertz CT molecular complexity index is 754. The maximum atomic E-state index is 14.3. The van der Waals surface area contributed by atoms with Crippen LogP contribution in [0.25, 0.3) is 11.3 Å². The van der Waals surface area contributed by atoms with E-state index >= 15 is 0 Å². The molecule has 0 spiro atoms. The number of H-pyrrole nitrogens is 1. The molecule has 0 aliphatic rings. The lowest BCUT2D eigenvalue weighted by atomic mass is 10.1. The molecule has 106 valence electrons. The summed E-state index contributed by atoms with van der Waals surface area (Å²) in [6, 6.07) is 13.1. The van der Waals surface area contributed by atoms with Crippen molar-refractivity contribution in [3.63, 3.8) is 0 Å². The molecule has 0 aliphatic carbocycles. The highest BCUT2D eigenvalue weighted by Gasteiger charge is 2.14. The molecule has 1 heterocycles. The lowest BCUT2D eigenvalue weighted by Crippen LogP contribution is -1.92. The zero-order valence-corrected chi connectivity index (χ0v) is 11.5. The maximum Gasteiger partial charge on any atom is 0.193 e. The van der Waals surface area contributed by atoms with Crippen LogP contribution < -0.4 is 5.32 Å². The first kappa shape index (κ1) is 13.5. The number of benzene rings is 2. The van der Waals surface area contributed by atoms with Gasteiger partial charge in [0, 0.05) is 16.3 Å². The van der Waals surface area contributed by atoms with Gasteiger partial charge in [-0.1, -0.05) is 23.7 Å². The smallest absolute Gasteiger partial charge is 0.193 e. The maximum absolute atomic E-state index is 14.3. The summed E-state index contributed by atoms with van der Waals surface area (Å²) in [6.07, 6.45) is 0. The molecule has 21 heavy (non-hydrogen) atoms.